The second-order valence-corrected chi connectivity index (χ2v) is 10.2. The Labute approximate surface area is 236 Å². The molecule has 3 heterocycles. The first kappa shape index (κ1) is 29.8. The average molecular weight is 595 g/mol. The molecule has 1 aromatic heterocycles. The molecule has 10 atom stereocenters. The minimum Gasteiger partial charge on any atom is -0.508 e. The quantitative estimate of drug-likeness (QED) is 0.161. The van der Waals surface area contributed by atoms with E-state index in [1.54, 1.807) is 0 Å². The Morgan fingerprint density at radius 2 is 1.26 bits per heavy atom. The molecular weight excluding hydrogens is 564 g/mol. The SMILES string of the molecule is CC1OC(Oc2c(-c3ccc(O)c(O)c3)oc3cc(O)cc(OC4OC(C)C(O)C(O)C4O)c3c2=O)C(O)C(O)C1O. The summed E-state index contributed by atoms with van der Waals surface area (Å²) in [4.78, 5) is 14.0. The molecule has 5 rings (SSSR count). The van der Waals surface area contributed by atoms with Crippen molar-refractivity contribution < 1.29 is 69.3 Å². The summed E-state index contributed by atoms with van der Waals surface area (Å²) in [5, 5.41) is 91.3. The molecular formula is C27H30O15. The third kappa shape index (κ3) is 5.21. The number of rotatable bonds is 5. The van der Waals surface area contributed by atoms with Crippen molar-refractivity contribution in [1.29, 1.82) is 0 Å². The van der Waals surface area contributed by atoms with Crippen LogP contribution in [0.15, 0.2) is 39.5 Å². The number of aliphatic hydroxyl groups excluding tert-OH is 6. The molecule has 0 amide bonds. The minimum atomic E-state index is -1.83. The van der Waals surface area contributed by atoms with E-state index in [4.69, 9.17) is 23.4 Å². The van der Waals surface area contributed by atoms with Gasteiger partial charge in [0.2, 0.25) is 23.8 Å². The number of hydrogen-bond donors (Lipinski definition) is 9. The molecule has 0 radical (unpaired) electrons. The summed E-state index contributed by atoms with van der Waals surface area (Å²) < 4.78 is 28.2. The molecule has 0 saturated carbocycles. The molecule has 15 nitrogen and oxygen atoms in total. The van der Waals surface area contributed by atoms with Crippen LogP contribution in [0.3, 0.4) is 0 Å². The lowest BCUT2D eigenvalue weighted by atomic mass is 10.00. The Hall–Kier alpha value is -3.67. The maximum Gasteiger partial charge on any atom is 0.239 e. The van der Waals surface area contributed by atoms with E-state index in [2.05, 4.69) is 0 Å². The number of phenols is 3. The van der Waals surface area contributed by atoms with Crippen molar-refractivity contribution >= 4 is 11.0 Å². The zero-order valence-corrected chi connectivity index (χ0v) is 22.1. The summed E-state index contributed by atoms with van der Waals surface area (Å²) in [6, 6.07) is 5.48. The molecule has 9 N–H and O–H groups in total. The van der Waals surface area contributed by atoms with Crippen LogP contribution < -0.4 is 14.9 Å². The van der Waals surface area contributed by atoms with Gasteiger partial charge >= 0.3 is 0 Å². The molecule has 2 fully saturated rings. The summed E-state index contributed by atoms with van der Waals surface area (Å²) in [7, 11) is 0. The van der Waals surface area contributed by atoms with Crippen LogP contribution in [0.4, 0.5) is 0 Å². The van der Waals surface area contributed by atoms with E-state index in [0.29, 0.717) is 0 Å². The monoisotopic (exact) mass is 594 g/mol. The fraction of sp³-hybridized carbons (Fsp3) is 0.444. The summed E-state index contributed by atoms with van der Waals surface area (Å²) in [6.07, 6.45) is -15.2. The van der Waals surface area contributed by atoms with Gasteiger partial charge in [-0.05, 0) is 32.0 Å². The molecule has 0 spiro atoms. The fourth-order valence-corrected chi connectivity index (χ4v) is 4.77. The molecule has 15 heteroatoms. The summed E-state index contributed by atoms with van der Waals surface area (Å²) in [5.41, 5.74) is -1.25. The van der Waals surface area contributed by atoms with Crippen LogP contribution in [0.25, 0.3) is 22.3 Å². The smallest absolute Gasteiger partial charge is 0.239 e. The lowest BCUT2D eigenvalue weighted by Crippen LogP contribution is -2.58. The Morgan fingerprint density at radius 1 is 0.690 bits per heavy atom. The first-order valence-corrected chi connectivity index (χ1v) is 12.9. The lowest BCUT2D eigenvalue weighted by Gasteiger charge is -2.39. The Balaban J connectivity index is 1.67. The number of hydrogen-bond acceptors (Lipinski definition) is 15. The van der Waals surface area contributed by atoms with Gasteiger partial charge in [-0.15, -0.1) is 0 Å². The maximum absolute atomic E-state index is 14.0. The van der Waals surface area contributed by atoms with Gasteiger partial charge in [0.25, 0.3) is 0 Å². The molecule has 2 aliphatic rings. The lowest BCUT2D eigenvalue weighted by molar-refractivity contribution is -0.268. The predicted octanol–water partition coefficient (Wildman–Crippen LogP) is -1.01. The molecule has 3 aromatic rings. The highest BCUT2D eigenvalue weighted by Crippen LogP contribution is 2.40. The largest absolute Gasteiger partial charge is 0.508 e. The fourth-order valence-electron chi connectivity index (χ4n) is 4.77. The van der Waals surface area contributed by atoms with Crippen LogP contribution in [-0.4, -0.2) is 107 Å². The van der Waals surface area contributed by atoms with Crippen molar-refractivity contribution in [2.24, 2.45) is 0 Å². The maximum atomic E-state index is 14.0. The minimum absolute atomic E-state index is 0.000938. The van der Waals surface area contributed by atoms with Crippen LogP contribution in [0.5, 0.6) is 28.7 Å². The summed E-state index contributed by atoms with van der Waals surface area (Å²) in [5.74, 6) is -2.90. The molecule has 0 bridgehead atoms. The van der Waals surface area contributed by atoms with E-state index in [0.717, 1.165) is 24.3 Å². The van der Waals surface area contributed by atoms with E-state index < -0.39 is 95.6 Å². The van der Waals surface area contributed by atoms with Crippen LogP contribution >= 0.6 is 0 Å². The molecule has 42 heavy (non-hydrogen) atoms. The Morgan fingerprint density at radius 3 is 1.83 bits per heavy atom. The Bertz CT molecular complexity index is 1520. The first-order valence-electron chi connectivity index (χ1n) is 12.9. The predicted molar refractivity (Wildman–Crippen MR) is 139 cm³/mol. The molecule has 228 valence electrons. The molecule has 10 unspecified atom stereocenters. The number of fused-ring (bicyclic) bond motifs is 1. The third-order valence-corrected chi connectivity index (χ3v) is 7.23. The average Bonchev–Trinajstić information content (AvgIpc) is 2.94. The van der Waals surface area contributed by atoms with E-state index in [1.165, 1.54) is 19.9 Å². The highest BCUT2D eigenvalue weighted by Gasteiger charge is 2.45. The van der Waals surface area contributed by atoms with E-state index >= 15 is 0 Å². The highest BCUT2D eigenvalue weighted by atomic mass is 16.7. The van der Waals surface area contributed by atoms with Gasteiger partial charge in [0.05, 0.1) is 12.2 Å². The molecule has 2 aromatic carbocycles. The number of ether oxygens (including phenoxy) is 4. The second kappa shape index (κ2) is 11.2. The van der Waals surface area contributed by atoms with Gasteiger partial charge in [-0.1, -0.05) is 0 Å². The van der Waals surface area contributed by atoms with Gasteiger partial charge in [-0.2, -0.15) is 0 Å². The van der Waals surface area contributed by atoms with E-state index in [1.807, 2.05) is 0 Å². The van der Waals surface area contributed by atoms with Gasteiger partial charge in [-0.25, -0.2) is 0 Å². The van der Waals surface area contributed by atoms with E-state index in [9.17, 15) is 50.8 Å². The number of phenolic OH excluding ortho intramolecular Hbond substituents is 3. The standard InChI is InChI=1S/C27H30O15/c1-8-17(31)20(34)22(36)26(38-8)41-15-7-11(28)6-14-16(15)19(33)25(24(40-14)10-3-4-12(29)13(30)5-10)42-27-23(37)21(35)18(32)9(2)39-27/h3-9,17-18,20-23,26-32,34-37H,1-2H3. The van der Waals surface area contributed by atoms with Crippen molar-refractivity contribution in [2.75, 3.05) is 0 Å². The molecule has 0 aliphatic carbocycles. The van der Waals surface area contributed by atoms with Crippen molar-refractivity contribution in [2.45, 2.75) is 75.3 Å². The number of benzene rings is 2. The topological polar surface area (TPSA) is 249 Å². The normalized spacial score (nSPS) is 33.4. The third-order valence-electron chi connectivity index (χ3n) is 7.23. The zero-order valence-electron chi connectivity index (χ0n) is 22.1. The summed E-state index contributed by atoms with van der Waals surface area (Å²) in [6.45, 7) is 2.81. The van der Waals surface area contributed by atoms with Crippen LogP contribution in [0, 0.1) is 0 Å². The van der Waals surface area contributed by atoms with Crippen molar-refractivity contribution in [3.8, 4) is 40.1 Å². The first-order chi connectivity index (χ1) is 19.8. The second-order valence-electron chi connectivity index (χ2n) is 10.2. The van der Waals surface area contributed by atoms with Crippen LogP contribution in [-0.2, 0) is 9.47 Å². The van der Waals surface area contributed by atoms with Crippen LogP contribution in [0.2, 0.25) is 0 Å². The number of aliphatic hydroxyl groups is 6. The van der Waals surface area contributed by atoms with Gasteiger partial charge in [-0.3, -0.25) is 4.79 Å². The van der Waals surface area contributed by atoms with Gasteiger partial charge in [0.1, 0.15) is 59.1 Å². The van der Waals surface area contributed by atoms with E-state index in [-0.39, 0.29) is 22.3 Å². The molecule has 2 aliphatic heterocycles. The van der Waals surface area contributed by atoms with Gasteiger partial charge < -0.3 is 69.3 Å². The molecule has 2 saturated heterocycles. The van der Waals surface area contributed by atoms with Crippen molar-refractivity contribution in [1.82, 2.24) is 0 Å². The zero-order chi connectivity index (χ0) is 30.6. The van der Waals surface area contributed by atoms with Crippen molar-refractivity contribution in [3.63, 3.8) is 0 Å². The van der Waals surface area contributed by atoms with Crippen LogP contribution in [0.1, 0.15) is 13.8 Å². The number of aromatic hydroxyl groups is 3. The van der Waals surface area contributed by atoms with Gasteiger partial charge in [0, 0.05) is 17.7 Å². The Kier molecular flexibility index (Phi) is 7.95. The van der Waals surface area contributed by atoms with Gasteiger partial charge in [0.15, 0.2) is 17.3 Å². The highest BCUT2D eigenvalue weighted by molar-refractivity contribution is 5.88. The van der Waals surface area contributed by atoms with Crippen molar-refractivity contribution in [3.05, 3.63) is 40.6 Å². The summed E-state index contributed by atoms with van der Waals surface area (Å²) >= 11 is 0.